The maximum Gasteiger partial charge on any atom is 0.318 e. The Morgan fingerprint density at radius 1 is 1.43 bits per heavy atom. The van der Waals surface area contributed by atoms with Gasteiger partial charge < -0.3 is 19.7 Å². The summed E-state index contributed by atoms with van der Waals surface area (Å²) in [5.41, 5.74) is 0.161. The molecule has 6 heteroatoms. The second kappa shape index (κ2) is 5.23. The Hall–Kier alpha value is -2.08. The molecule has 1 saturated carbocycles. The molecule has 23 heavy (non-hydrogen) atoms. The molecule has 2 amide bonds. The van der Waals surface area contributed by atoms with Crippen molar-refractivity contribution in [1.29, 1.82) is 0 Å². The van der Waals surface area contributed by atoms with Gasteiger partial charge in [-0.05, 0) is 18.9 Å². The molecule has 2 heterocycles. The molecule has 2 saturated heterocycles. The van der Waals surface area contributed by atoms with Crippen LogP contribution < -0.4 is 5.32 Å². The molecular weight excluding hydrogens is 296 g/mol. The Balaban J connectivity index is 1.78. The van der Waals surface area contributed by atoms with Crippen LogP contribution in [0, 0.1) is 5.41 Å². The predicted molar refractivity (Wildman–Crippen MR) is 81.6 cm³/mol. The molecule has 0 spiro atoms. The molecule has 1 N–H and O–H groups in total. The van der Waals surface area contributed by atoms with Gasteiger partial charge >= 0.3 is 12.0 Å². The van der Waals surface area contributed by atoms with Gasteiger partial charge in [-0.2, -0.15) is 0 Å². The minimum absolute atomic E-state index is 0.0783. The molecule has 1 aliphatic carbocycles. The predicted octanol–water partition coefficient (Wildman–Crippen LogP) is 1.47. The number of morpholine rings is 1. The van der Waals surface area contributed by atoms with Crippen LogP contribution in [-0.4, -0.2) is 48.8 Å². The number of carbonyl (C=O) groups is 2. The van der Waals surface area contributed by atoms with Crippen LogP contribution in [0.4, 0.5) is 4.79 Å². The SMILES string of the molecule is CCOC(=O)[C@]12C[C@@H]3OCCN(C(=O)N[C@@H]1c1ccccc1)[C@@H]32. The van der Waals surface area contributed by atoms with Crippen molar-refractivity contribution in [2.24, 2.45) is 5.41 Å². The highest BCUT2D eigenvalue weighted by molar-refractivity contribution is 5.87. The first-order chi connectivity index (χ1) is 11.2. The van der Waals surface area contributed by atoms with Crippen LogP contribution in [0.25, 0.3) is 0 Å². The van der Waals surface area contributed by atoms with Crippen molar-refractivity contribution < 1.29 is 19.1 Å². The quantitative estimate of drug-likeness (QED) is 0.858. The summed E-state index contributed by atoms with van der Waals surface area (Å²) in [6.07, 6.45) is 0.498. The number of ether oxygens (including phenoxy) is 2. The molecule has 3 aliphatic rings. The van der Waals surface area contributed by atoms with Crippen LogP contribution in [0.3, 0.4) is 0 Å². The fraction of sp³-hybridized carbons (Fsp3) is 0.529. The standard InChI is InChI=1S/C17H20N2O4/c1-2-22-15(20)17-10-12-14(17)19(8-9-23-12)16(21)18-13(17)11-6-4-3-5-7-11/h3-7,12-14H,2,8-10H2,1H3,(H,18,21)/t12-,13+,14-,17+/m0/s1. The zero-order valence-electron chi connectivity index (χ0n) is 13.0. The molecule has 1 aromatic rings. The van der Waals surface area contributed by atoms with E-state index in [2.05, 4.69) is 5.32 Å². The number of benzene rings is 1. The number of hydrogen-bond donors (Lipinski definition) is 1. The third-order valence-corrected chi connectivity index (χ3v) is 5.25. The maximum atomic E-state index is 12.8. The Morgan fingerprint density at radius 2 is 2.22 bits per heavy atom. The molecule has 0 radical (unpaired) electrons. The minimum Gasteiger partial charge on any atom is -0.465 e. The van der Waals surface area contributed by atoms with Crippen LogP contribution >= 0.6 is 0 Å². The number of amides is 2. The normalized spacial score (nSPS) is 34.9. The zero-order chi connectivity index (χ0) is 16.0. The van der Waals surface area contributed by atoms with E-state index in [0.29, 0.717) is 26.2 Å². The number of urea groups is 1. The fourth-order valence-corrected chi connectivity index (χ4v) is 4.27. The van der Waals surface area contributed by atoms with E-state index in [1.54, 1.807) is 11.8 Å². The van der Waals surface area contributed by atoms with E-state index in [1.807, 2.05) is 30.3 Å². The van der Waals surface area contributed by atoms with Gasteiger partial charge in [-0.1, -0.05) is 30.3 Å². The van der Waals surface area contributed by atoms with Gasteiger partial charge in [0.2, 0.25) is 0 Å². The molecule has 0 aromatic heterocycles. The molecule has 6 nitrogen and oxygen atoms in total. The lowest BCUT2D eigenvalue weighted by atomic mass is 9.55. The molecular formula is C17H20N2O4. The summed E-state index contributed by atoms with van der Waals surface area (Å²) >= 11 is 0. The molecule has 2 aliphatic heterocycles. The topological polar surface area (TPSA) is 67.9 Å². The van der Waals surface area contributed by atoms with Gasteiger partial charge in [0.1, 0.15) is 5.41 Å². The molecule has 3 fully saturated rings. The fourth-order valence-electron chi connectivity index (χ4n) is 4.27. The van der Waals surface area contributed by atoms with Crippen LogP contribution in [0.15, 0.2) is 30.3 Å². The van der Waals surface area contributed by atoms with Gasteiger partial charge in [-0.3, -0.25) is 4.79 Å². The van der Waals surface area contributed by atoms with Crippen molar-refractivity contribution in [3.63, 3.8) is 0 Å². The highest BCUT2D eigenvalue weighted by atomic mass is 16.5. The van der Waals surface area contributed by atoms with Gasteiger partial charge in [0.15, 0.2) is 0 Å². The Kier molecular flexibility index (Phi) is 3.30. The van der Waals surface area contributed by atoms with Crippen LogP contribution in [-0.2, 0) is 14.3 Å². The minimum atomic E-state index is -0.768. The summed E-state index contributed by atoms with van der Waals surface area (Å²) in [5, 5.41) is 3.03. The summed E-state index contributed by atoms with van der Waals surface area (Å²) in [4.78, 5) is 27.1. The average Bonchev–Trinajstić information content (AvgIpc) is 2.55. The molecule has 4 atom stereocenters. The summed E-state index contributed by atoms with van der Waals surface area (Å²) < 4.78 is 11.2. The second-order valence-corrected chi connectivity index (χ2v) is 6.31. The van der Waals surface area contributed by atoms with E-state index < -0.39 is 5.41 Å². The summed E-state index contributed by atoms with van der Waals surface area (Å²) in [7, 11) is 0. The van der Waals surface area contributed by atoms with Crippen molar-refractivity contribution in [1.82, 2.24) is 10.2 Å². The van der Waals surface area contributed by atoms with Gasteiger partial charge in [0.25, 0.3) is 0 Å². The molecule has 4 rings (SSSR count). The Bertz CT molecular complexity index is 635. The number of nitrogens with zero attached hydrogens (tertiary/aromatic N) is 1. The zero-order valence-corrected chi connectivity index (χ0v) is 13.0. The molecule has 1 aromatic carbocycles. The van der Waals surface area contributed by atoms with Crippen LogP contribution in [0.1, 0.15) is 24.9 Å². The van der Waals surface area contributed by atoms with E-state index >= 15 is 0 Å². The summed E-state index contributed by atoms with van der Waals surface area (Å²) in [6, 6.07) is 8.89. The number of esters is 1. The number of nitrogens with one attached hydrogen (secondary N) is 1. The highest BCUT2D eigenvalue weighted by Gasteiger charge is 2.71. The second-order valence-electron chi connectivity index (χ2n) is 6.31. The van der Waals surface area contributed by atoms with Gasteiger partial charge in [-0.25, -0.2) is 4.79 Å². The summed E-state index contributed by atoms with van der Waals surface area (Å²) in [5.74, 6) is -0.245. The summed E-state index contributed by atoms with van der Waals surface area (Å²) in [6.45, 7) is 3.16. The lowest BCUT2D eigenvalue weighted by Crippen LogP contribution is -2.79. The molecule has 0 unspecified atom stereocenters. The first-order valence-corrected chi connectivity index (χ1v) is 8.09. The number of carbonyl (C=O) groups excluding carboxylic acids is 2. The van der Waals surface area contributed by atoms with Crippen molar-refractivity contribution >= 4 is 12.0 Å². The van der Waals surface area contributed by atoms with Crippen molar-refractivity contribution in [3.8, 4) is 0 Å². The molecule has 122 valence electrons. The van der Waals surface area contributed by atoms with Crippen molar-refractivity contribution in [2.45, 2.75) is 31.5 Å². The Labute approximate surface area is 134 Å². The van der Waals surface area contributed by atoms with E-state index in [-0.39, 0.29) is 30.2 Å². The van der Waals surface area contributed by atoms with Crippen molar-refractivity contribution in [3.05, 3.63) is 35.9 Å². The van der Waals surface area contributed by atoms with E-state index in [0.717, 1.165) is 5.56 Å². The number of rotatable bonds is 3. The van der Waals surface area contributed by atoms with Crippen LogP contribution in [0.2, 0.25) is 0 Å². The third kappa shape index (κ3) is 1.91. The monoisotopic (exact) mass is 316 g/mol. The van der Waals surface area contributed by atoms with Crippen LogP contribution in [0.5, 0.6) is 0 Å². The lowest BCUT2D eigenvalue weighted by molar-refractivity contribution is -0.223. The average molecular weight is 316 g/mol. The lowest BCUT2D eigenvalue weighted by Gasteiger charge is -2.64. The van der Waals surface area contributed by atoms with E-state index in [9.17, 15) is 9.59 Å². The van der Waals surface area contributed by atoms with E-state index in [1.165, 1.54) is 0 Å². The molecule has 0 bridgehead atoms. The first kappa shape index (κ1) is 14.5. The van der Waals surface area contributed by atoms with Gasteiger partial charge in [-0.15, -0.1) is 0 Å². The first-order valence-electron chi connectivity index (χ1n) is 8.09. The highest BCUT2D eigenvalue weighted by Crippen LogP contribution is 2.57. The number of hydrogen-bond acceptors (Lipinski definition) is 4. The largest absolute Gasteiger partial charge is 0.465 e. The maximum absolute atomic E-state index is 12.8. The van der Waals surface area contributed by atoms with Gasteiger partial charge in [0, 0.05) is 6.54 Å². The van der Waals surface area contributed by atoms with Crippen molar-refractivity contribution in [2.75, 3.05) is 19.8 Å². The Morgan fingerprint density at radius 3 is 2.96 bits per heavy atom. The van der Waals surface area contributed by atoms with Gasteiger partial charge in [0.05, 0.1) is 31.4 Å². The third-order valence-electron chi connectivity index (χ3n) is 5.25. The smallest absolute Gasteiger partial charge is 0.318 e. The van der Waals surface area contributed by atoms with E-state index in [4.69, 9.17) is 9.47 Å².